The van der Waals surface area contributed by atoms with Crippen molar-refractivity contribution in [2.45, 2.75) is 38.6 Å². The quantitative estimate of drug-likeness (QED) is 0.894. The highest BCUT2D eigenvalue weighted by Crippen LogP contribution is 2.49. The summed E-state index contributed by atoms with van der Waals surface area (Å²) in [5.74, 6) is 1.17. The molecule has 0 heterocycles. The molecule has 4 nitrogen and oxygen atoms in total. The van der Waals surface area contributed by atoms with E-state index in [4.69, 9.17) is 5.11 Å². The Labute approximate surface area is 124 Å². The Balaban J connectivity index is 1.61. The Morgan fingerprint density at radius 3 is 2.33 bits per heavy atom. The van der Waals surface area contributed by atoms with Crippen molar-refractivity contribution in [1.29, 1.82) is 0 Å². The first-order valence-electron chi connectivity index (χ1n) is 7.69. The van der Waals surface area contributed by atoms with E-state index < -0.39 is 5.97 Å². The molecule has 0 aromatic heterocycles. The predicted octanol–water partition coefficient (Wildman–Crippen LogP) is 2.94. The summed E-state index contributed by atoms with van der Waals surface area (Å²) in [6, 6.07) is 6.28. The number of benzene rings is 1. The molecule has 0 spiro atoms. The van der Waals surface area contributed by atoms with E-state index in [1.165, 1.54) is 37.8 Å². The minimum atomic E-state index is -0.975. The Kier molecular flexibility index (Phi) is 3.70. The molecule has 2 bridgehead atoms. The standard InChI is InChI=1S/C17H21NO3/c1-10(15-9-11-2-3-14(15)8-11)18-16(19)12-4-6-13(7-5-12)17(20)21/h4-7,10-11,14-15H,2-3,8-9H2,1H3,(H,18,19)(H,20,21). The zero-order valence-corrected chi connectivity index (χ0v) is 12.2. The molecule has 112 valence electrons. The molecule has 2 N–H and O–H groups in total. The first-order chi connectivity index (χ1) is 10.0. The lowest BCUT2D eigenvalue weighted by molar-refractivity contribution is 0.0696. The average Bonchev–Trinajstić information content (AvgIpc) is 3.10. The number of nitrogens with one attached hydrogen (secondary N) is 1. The third kappa shape index (κ3) is 2.80. The van der Waals surface area contributed by atoms with Gasteiger partial charge in [-0.1, -0.05) is 6.42 Å². The third-order valence-electron chi connectivity index (χ3n) is 5.19. The van der Waals surface area contributed by atoms with Gasteiger partial charge in [-0.2, -0.15) is 0 Å². The van der Waals surface area contributed by atoms with Crippen molar-refractivity contribution in [2.24, 2.45) is 17.8 Å². The molecule has 1 aromatic carbocycles. The van der Waals surface area contributed by atoms with Crippen LogP contribution in [0.3, 0.4) is 0 Å². The Bertz CT molecular complexity index is 552. The lowest BCUT2D eigenvalue weighted by Gasteiger charge is -2.28. The van der Waals surface area contributed by atoms with Crippen LogP contribution in [0.2, 0.25) is 0 Å². The Morgan fingerprint density at radius 2 is 1.81 bits per heavy atom. The number of hydrogen-bond donors (Lipinski definition) is 2. The van der Waals surface area contributed by atoms with Crippen LogP contribution >= 0.6 is 0 Å². The molecule has 1 aromatic rings. The summed E-state index contributed by atoms with van der Waals surface area (Å²) >= 11 is 0. The van der Waals surface area contributed by atoms with Crippen LogP contribution in [0.15, 0.2) is 24.3 Å². The lowest BCUT2D eigenvalue weighted by atomic mass is 9.84. The van der Waals surface area contributed by atoms with Gasteiger partial charge in [0, 0.05) is 11.6 Å². The fraction of sp³-hybridized carbons (Fsp3) is 0.529. The zero-order chi connectivity index (χ0) is 15.0. The van der Waals surface area contributed by atoms with Gasteiger partial charge in [-0.05, 0) is 68.2 Å². The summed E-state index contributed by atoms with van der Waals surface area (Å²) in [5.41, 5.74) is 0.725. The fourth-order valence-corrected chi connectivity index (χ4v) is 4.07. The van der Waals surface area contributed by atoms with E-state index in [1.54, 1.807) is 12.1 Å². The van der Waals surface area contributed by atoms with E-state index in [1.807, 2.05) is 0 Å². The second-order valence-corrected chi connectivity index (χ2v) is 6.48. The van der Waals surface area contributed by atoms with Crippen LogP contribution in [0.4, 0.5) is 0 Å². The number of amides is 1. The molecule has 3 rings (SSSR count). The van der Waals surface area contributed by atoms with E-state index in [-0.39, 0.29) is 17.5 Å². The van der Waals surface area contributed by atoms with Gasteiger partial charge in [-0.15, -0.1) is 0 Å². The Morgan fingerprint density at radius 1 is 1.14 bits per heavy atom. The van der Waals surface area contributed by atoms with Crippen LogP contribution < -0.4 is 5.32 Å². The van der Waals surface area contributed by atoms with Crippen LogP contribution in [0.1, 0.15) is 53.3 Å². The van der Waals surface area contributed by atoms with Gasteiger partial charge in [0.1, 0.15) is 0 Å². The van der Waals surface area contributed by atoms with Crippen LogP contribution in [0, 0.1) is 17.8 Å². The van der Waals surface area contributed by atoms with Gasteiger partial charge >= 0.3 is 5.97 Å². The van der Waals surface area contributed by atoms with E-state index in [0.717, 1.165) is 11.8 Å². The minimum absolute atomic E-state index is 0.109. The molecule has 2 aliphatic carbocycles. The number of carbonyl (C=O) groups is 2. The van der Waals surface area contributed by atoms with Crippen molar-refractivity contribution in [3.63, 3.8) is 0 Å². The minimum Gasteiger partial charge on any atom is -0.478 e. The van der Waals surface area contributed by atoms with Crippen molar-refractivity contribution in [1.82, 2.24) is 5.32 Å². The van der Waals surface area contributed by atoms with Gasteiger partial charge < -0.3 is 10.4 Å². The molecule has 0 saturated heterocycles. The van der Waals surface area contributed by atoms with E-state index in [9.17, 15) is 9.59 Å². The number of fused-ring (bicyclic) bond motifs is 2. The molecule has 4 unspecified atom stereocenters. The van der Waals surface area contributed by atoms with Gasteiger partial charge in [-0.25, -0.2) is 4.79 Å². The predicted molar refractivity (Wildman–Crippen MR) is 79.3 cm³/mol. The van der Waals surface area contributed by atoms with Crippen molar-refractivity contribution in [3.05, 3.63) is 35.4 Å². The lowest BCUT2D eigenvalue weighted by Crippen LogP contribution is -2.40. The molecule has 2 saturated carbocycles. The van der Waals surface area contributed by atoms with Crippen LogP contribution in [-0.2, 0) is 0 Å². The molecule has 4 heteroatoms. The van der Waals surface area contributed by atoms with Gasteiger partial charge in [0.2, 0.25) is 0 Å². The number of carbonyl (C=O) groups excluding carboxylic acids is 1. The average molecular weight is 287 g/mol. The zero-order valence-electron chi connectivity index (χ0n) is 12.2. The largest absolute Gasteiger partial charge is 0.478 e. The second kappa shape index (κ2) is 5.51. The molecule has 2 fully saturated rings. The summed E-state index contributed by atoms with van der Waals surface area (Å²) in [4.78, 5) is 23.0. The monoisotopic (exact) mass is 287 g/mol. The highest BCUT2D eigenvalue weighted by molar-refractivity contribution is 5.96. The number of carboxylic acids is 1. The molecule has 21 heavy (non-hydrogen) atoms. The van der Waals surface area contributed by atoms with Crippen molar-refractivity contribution in [2.75, 3.05) is 0 Å². The Hall–Kier alpha value is -1.84. The normalized spacial score (nSPS) is 28.3. The molecule has 0 radical (unpaired) electrons. The van der Waals surface area contributed by atoms with Crippen LogP contribution in [-0.4, -0.2) is 23.0 Å². The van der Waals surface area contributed by atoms with E-state index in [2.05, 4.69) is 12.2 Å². The number of aromatic carboxylic acids is 1. The third-order valence-corrected chi connectivity index (χ3v) is 5.19. The molecule has 4 atom stereocenters. The van der Waals surface area contributed by atoms with Crippen molar-refractivity contribution >= 4 is 11.9 Å². The van der Waals surface area contributed by atoms with E-state index >= 15 is 0 Å². The number of hydrogen-bond acceptors (Lipinski definition) is 2. The van der Waals surface area contributed by atoms with Gasteiger partial charge in [0.25, 0.3) is 5.91 Å². The first kappa shape index (κ1) is 14.1. The number of rotatable bonds is 4. The maximum Gasteiger partial charge on any atom is 0.335 e. The molecular formula is C17H21NO3. The molecule has 2 aliphatic rings. The summed E-state index contributed by atoms with van der Waals surface area (Å²) in [6.07, 6.45) is 5.24. The smallest absolute Gasteiger partial charge is 0.335 e. The van der Waals surface area contributed by atoms with Gasteiger partial charge in [0.15, 0.2) is 0 Å². The van der Waals surface area contributed by atoms with Crippen LogP contribution in [0.25, 0.3) is 0 Å². The SMILES string of the molecule is CC(NC(=O)c1ccc(C(=O)O)cc1)C1CC2CCC1C2. The molecule has 0 aliphatic heterocycles. The number of carboxylic acid groups (broad SMARTS) is 1. The summed E-state index contributed by atoms with van der Waals surface area (Å²) in [5, 5.41) is 11.9. The van der Waals surface area contributed by atoms with Gasteiger partial charge in [0.05, 0.1) is 5.56 Å². The highest BCUT2D eigenvalue weighted by Gasteiger charge is 2.42. The second-order valence-electron chi connectivity index (χ2n) is 6.48. The summed E-state index contributed by atoms with van der Waals surface area (Å²) in [7, 11) is 0. The first-order valence-corrected chi connectivity index (χ1v) is 7.69. The summed E-state index contributed by atoms with van der Waals surface area (Å²) < 4.78 is 0. The van der Waals surface area contributed by atoms with Crippen molar-refractivity contribution < 1.29 is 14.7 Å². The summed E-state index contributed by atoms with van der Waals surface area (Å²) in [6.45, 7) is 2.09. The van der Waals surface area contributed by atoms with E-state index in [0.29, 0.717) is 11.5 Å². The fourth-order valence-electron chi connectivity index (χ4n) is 4.07. The maximum atomic E-state index is 12.2. The van der Waals surface area contributed by atoms with Gasteiger partial charge in [-0.3, -0.25) is 4.79 Å². The molecular weight excluding hydrogens is 266 g/mol. The van der Waals surface area contributed by atoms with Crippen molar-refractivity contribution in [3.8, 4) is 0 Å². The van der Waals surface area contributed by atoms with Crippen LogP contribution in [0.5, 0.6) is 0 Å². The topological polar surface area (TPSA) is 66.4 Å². The molecule has 1 amide bonds. The highest BCUT2D eigenvalue weighted by atomic mass is 16.4. The maximum absolute atomic E-state index is 12.2.